The van der Waals surface area contributed by atoms with Gasteiger partial charge in [-0.2, -0.15) is 0 Å². The topological polar surface area (TPSA) is 128 Å². The molecule has 0 aromatic heterocycles. The molecule has 0 atom stereocenters. The van der Waals surface area contributed by atoms with Crippen molar-refractivity contribution >= 4 is 17.7 Å². The van der Waals surface area contributed by atoms with Crippen LogP contribution in [0.5, 0.6) is 0 Å². The molecule has 0 fully saturated rings. The Balaban J connectivity index is 0.00000256. The van der Waals surface area contributed by atoms with Gasteiger partial charge in [0.2, 0.25) is 0 Å². The van der Waals surface area contributed by atoms with Crippen LogP contribution in [0.15, 0.2) is 24.3 Å². The van der Waals surface area contributed by atoms with E-state index in [0.717, 1.165) is 0 Å². The minimum atomic E-state index is -1.83. The predicted octanol–water partition coefficient (Wildman–Crippen LogP) is -3.21. The van der Waals surface area contributed by atoms with Gasteiger partial charge in [0.15, 0.2) is 0 Å². The number of carboxylic acid groups (broad SMARTS) is 1. The van der Waals surface area contributed by atoms with Gasteiger partial charge in [-0.15, -0.1) is 0 Å². The summed E-state index contributed by atoms with van der Waals surface area (Å²) in [5, 5.41) is 27.5. The summed E-state index contributed by atoms with van der Waals surface area (Å²) in [5.74, 6) is -0.348. The third kappa shape index (κ3) is 5.24. The summed E-state index contributed by atoms with van der Waals surface area (Å²) in [5.41, 5.74) is 1.91. The third-order valence-corrected chi connectivity index (χ3v) is 1.60. The molecule has 9 heteroatoms. The molecule has 0 saturated carbocycles. The van der Waals surface area contributed by atoms with E-state index in [2.05, 4.69) is 4.84 Å². The van der Waals surface area contributed by atoms with Crippen LogP contribution in [0.2, 0.25) is 0 Å². The first-order chi connectivity index (χ1) is 7.50. The maximum Gasteiger partial charge on any atom is 1.00 e. The zero-order valence-corrected chi connectivity index (χ0v) is 11.9. The number of hydrogen-bond acceptors (Lipinski definition) is 6. The second-order valence-corrected chi connectivity index (χ2v) is 2.63. The van der Waals surface area contributed by atoms with E-state index in [1.807, 2.05) is 0 Å². The molecule has 17 heavy (non-hydrogen) atoms. The molecule has 0 aliphatic carbocycles. The molecular formula is C8H6KN3O5. The molecular weight excluding hydrogens is 257 g/mol. The number of nitrogens with one attached hydrogen (secondary N) is 2. The van der Waals surface area contributed by atoms with Crippen LogP contribution in [0.4, 0.5) is 10.5 Å². The van der Waals surface area contributed by atoms with E-state index in [1.54, 1.807) is 5.48 Å². The Kier molecular flexibility index (Phi) is 6.91. The second kappa shape index (κ2) is 7.35. The number of nitrogens with zero attached hydrogens (tertiary/aromatic N) is 1. The van der Waals surface area contributed by atoms with Crippen LogP contribution < -0.4 is 62.0 Å². The fourth-order valence-electron chi connectivity index (χ4n) is 0.901. The molecule has 1 rings (SSSR count). The van der Waals surface area contributed by atoms with Crippen LogP contribution in [0, 0.1) is 15.5 Å². The summed E-state index contributed by atoms with van der Waals surface area (Å²) in [6.45, 7) is 0. The van der Waals surface area contributed by atoms with Gasteiger partial charge >= 0.3 is 51.4 Å². The largest absolute Gasteiger partial charge is 1.00 e. The van der Waals surface area contributed by atoms with Crippen LogP contribution in [0.25, 0.3) is 0 Å². The van der Waals surface area contributed by atoms with Crippen LogP contribution >= 0.6 is 0 Å². The molecule has 0 radical (unpaired) electrons. The van der Waals surface area contributed by atoms with Gasteiger partial charge < -0.3 is 14.7 Å². The van der Waals surface area contributed by atoms with Gasteiger partial charge in [0.05, 0.1) is 4.92 Å². The molecule has 84 valence electrons. The number of carbonyl (C=O) groups excluding carboxylic acids is 1. The van der Waals surface area contributed by atoms with Crippen LogP contribution in [-0.2, 0) is 4.84 Å². The van der Waals surface area contributed by atoms with Crippen molar-refractivity contribution in [2.75, 3.05) is 0 Å². The number of nitro benzene ring substituents is 1. The smallest absolute Gasteiger partial charge is 0.442 e. The van der Waals surface area contributed by atoms with Crippen molar-refractivity contribution in [2.45, 2.75) is 0 Å². The first kappa shape index (κ1) is 16.0. The Labute approximate surface area is 138 Å². The number of amidine groups is 1. The monoisotopic (exact) mass is 263 g/mol. The zero-order chi connectivity index (χ0) is 12.1. The normalized spacial score (nSPS) is 8.71. The standard InChI is InChI=1S/C8H7N3O5.K/c9-7(10-16-8(12)13)5-1-3-6(4-2-5)11(14)15;/h1-4H,(H2,9,10)(H,12,13);/q;+1/p-1. The Morgan fingerprint density at radius 1 is 1.35 bits per heavy atom. The summed E-state index contributed by atoms with van der Waals surface area (Å²) in [6.07, 6.45) is -1.83. The number of hydroxylamine groups is 1. The maximum atomic E-state index is 10.3. The molecule has 0 unspecified atom stereocenters. The Bertz CT molecular complexity index is 433. The van der Waals surface area contributed by atoms with E-state index in [1.165, 1.54) is 24.3 Å². The van der Waals surface area contributed by atoms with Crippen molar-refractivity contribution in [3.05, 3.63) is 39.9 Å². The second-order valence-electron chi connectivity index (χ2n) is 2.63. The molecule has 0 heterocycles. The molecule has 2 N–H and O–H groups in total. The minimum Gasteiger partial charge on any atom is -0.442 e. The van der Waals surface area contributed by atoms with Gasteiger partial charge in [-0.3, -0.25) is 21.0 Å². The van der Waals surface area contributed by atoms with E-state index in [0.29, 0.717) is 0 Å². The fraction of sp³-hybridized carbons (Fsp3) is 0. The molecule has 0 bridgehead atoms. The van der Waals surface area contributed by atoms with E-state index in [4.69, 9.17) is 5.41 Å². The summed E-state index contributed by atoms with van der Waals surface area (Å²) in [6, 6.07) is 4.94. The number of non-ortho nitro benzene ring substituents is 1. The Hall–Kier alpha value is -1.00. The number of carbonyl (C=O) groups is 1. The van der Waals surface area contributed by atoms with Crippen molar-refractivity contribution in [2.24, 2.45) is 0 Å². The molecule has 0 spiro atoms. The quantitative estimate of drug-likeness (QED) is 0.190. The number of hydrogen-bond donors (Lipinski definition) is 2. The van der Waals surface area contributed by atoms with E-state index in [9.17, 15) is 20.0 Å². The molecule has 0 saturated heterocycles. The average Bonchev–Trinajstić information content (AvgIpc) is 2.26. The molecule has 1 aromatic rings. The van der Waals surface area contributed by atoms with Gasteiger partial charge in [-0.25, -0.2) is 0 Å². The summed E-state index contributed by atoms with van der Waals surface area (Å²) in [4.78, 5) is 23.5. The average molecular weight is 263 g/mol. The first-order valence-electron chi connectivity index (χ1n) is 3.98. The Morgan fingerprint density at radius 2 is 1.88 bits per heavy atom. The van der Waals surface area contributed by atoms with E-state index < -0.39 is 11.1 Å². The van der Waals surface area contributed by atoms with Gasteiger partial charge in [0.1, 0.15) is 5.84 Å². The van der Waals surface area contributed by atoms with Crippen molar-refractivity contribution in [1.82, 2.24) is 5.48 Å². The predicted molar refractivity (Wildman–Crippen MR) is 49.5 cm³/mol. The van der Waals surface area contributed by atoms with Crippen LogP contribution in [0.3, 0.4) is 0 Å². The third-order valence-electron chi connectivity index (χ3n) is 1.60. The molecule has 8 nitrogen and oxygen atoms in total. The zero-order valence-electron chi connectivity index (χ0n) is 8.80. The molecule has 1 aromatic carbocycles. The van der Waals surface area contributed by atoms with Crippen molar-refractivity contribution in [3.8, 4) is 0 Å². The van der Waals surface area contributed by atoms with E-state index in [-0.39, 0.29) is 68.5 Å². The van der Waals surface area contributed by atoms with E-state index >= 15 is 0 Å². The summed E-state index contributed by atoms with van der Waals surface area (Å²) >= 11 is 0. The minimum absolute atomic E-state index is 0. The van der Waals surface area contributed by atoms with Gasteiger partial charge in [0, 0.05) is 17.7 Å². The molecule has 0 aliphatic rings. The number of rotatable bonds is 2. The summed E-state index contributed by atoms with van der Waals surface area (Å²) in [7, 11) is 0. The van der Waals surface area contributed by atoms with Crippen LogP contribution in [0.1, 0.15) is 5.56 Å². The Morgan fingerprint density at radius 3 is 2.29 bits per heavy atom. The number of nitro groups is 1. The molecule has 0 aliphatic heterocycles. The van der Waals surface area contributed by atoms with Crippen molar-refractivity contribution in [3.63, 3.8) is 0 Å². The van der Waals surface area contributed by atoms with Crippen molar-refractivity contribution < 1.29 is 71.0 Å². The SMILES string of the molecule is N=C(NOC(=O)[O-])c1ccc([N+](=O)[O-])cc1.[K+]. The number of benzene rings is 1. The van der Waals surface area contributed by atoms with Crippen molar-refractivity contribution in [1.29, 1.82) is 5.41 Å². The summed E-state index contributed by atoms with van der Waals surface area (Å²) < 4.78 is 0. The van der Waals surface area contributed by atoms with Gasteiger partial charge in [-0.05, 0) is 12.1 Å². The fourth-order valence-corrected chi connectivity index (χ4v) is 0.901. The first-order valence-corrected chi connectivity index (χ1v) is 3.98. The maximum absolute atomic E-state index is 10.3. The molecule has 0 amide bonds. The van der Waals surface area contributed by atoms with Gasteiger partial charge in [0.25, 0.3) is 11.8 Å². The van der Waals surface area contributed by atoms with Gasteiger partial charge in [-0.1, -0.05) is 0 Å². The van der Waals surface area contributed by atoms with Crippen LogP contribution in [-0.4, -0.2) is 16.9 Å².